The lowest BCUT2D eigenvalue weighted by Gasteiger charge is -1.98. The quantitative estimate of drug-likeness (QED) is 0.698. The first-order valence-corrected chi connectivity index (χ1v) is 3.91. The molecule has 0 atom stereocenters. The standard InChI is InChI=1S/C8H9ClN2O/c1-10-8(12)4-6-2-3-7(9)11-5-6/h2-3,5H,4H2,1H3,(H,10,12). The molecule has 0 fully saturated rings. The number of hydrogen-bond donors (Lipinski definition) is 1. The van der Waals surface area contributed by atoms with Gasteiger partial charge in [0.25, 0.3) is 0 Å². The molecule has 0 spiro atoms. The molecule has 1 aromatic heterocycles. The highest BCUT2D eigenvalue weighted by atomic mass is 35.5. The Hall–Kier alpha value is -1.09. The Morgan fingerprint density at radius 2 is 2.42 bits per heavy atom. The number of halogens is 1. The Bertz CT molecular complexity index is 271. The van der Waals surface area contributed by atoms with Crippen molar-refractivity contribution >= 4 is 17.5 Å². The summed E-state index contributed by atoms with van der Waals surface area (Å²) in [7, 11) is 1.60. The largest absolute Gasteiger partial charge is 0.359 e. The van der Waals surface area contributed by atoms with E-state index in [1.807, 2.05) is 0 Å². The predicted octanol–water partition coefficient (Wildman–Crippen LogP) is 1.02. The maximum atomic E-state index is 10.9. The topological polar surface area (TPSA) is 42.0 Å². The minimum absolute atomic E-state index is 0.0286. The predicted molar refractivity (Wildman–Crippen MR) is 47.0 cm³/mol. The molecule has 3 nitrogen and oxygen atoms in total. The average Bonchev–Trinajstić information content (AvgIpc) is 2.09. The highest BCUT2D eigenvalue weighted by Crippen LogP contribution is 2.05. The Kier molecular flexibility index (Phi) is 3.05. The number of amides is 1. The zero-order chi connectivity index (χ0) is 8.97. The second kappa shape index (κ2) is 4.07. The van der Waals surface area contributed by atoms with E-state index >= 15 is 0 Å². The molecule has 1 heterocycles. The molecule has 1 N–H and O–H groups in total. The van der Waals surface area contributed by atoms with E-state index in [4.69, 9.17) is 11.6 Å². The maximum Gasteiger partial charge on any atom is 0.224 e. The van der Waals surface area contributed by atoms with Crippen molar-refractivity contribution in [3.63, 3.8) is 0 Å². The van der Waals surface area contributed by atoms with Crippen LogP contribution in [0.3, 0.4) is 0 Å². The van der Waals surface area contributed by atoms with Gasteiger partial charge in [0.1, 0.15) is 5.15 Å². The smallest absolute Gasteiger partial charge is 0.224 e. The van der Waals surface area contributed by atoms with Crippen molar-refractivity contribution in [2.24, 2.45) is 0 Å². The SMILES string of the molecule is CNC(=O)Cc1ccc(Cl)nc1. The van der Waals surface area contributed by atoms with Crippen LogP contribution in [-0.2, 0) is 11.2 Å². The number of nitrogens with one attached hydrogen (secondary N) is 1. The molecule has 0 aliphatic rings. The lowest BCUT2D eigenvalue weighted by atomic mass is 10.2. The van der Waals surface area contributed by atoms with Crippen LogP contribution in [-0.4, -0.2) is 17.9 Å². The van der Waals surface area contributed by atoms with E-state index in [-0.39, 0.29) is 5.91 Å². The minimum atomic E-state index is -0.0286. The summed E-state index contributed by atoms with van der Waals surface area (Å²) in [5.74, 6) is -0.0286. The van der Waals surface area contributed by atoms with Gasteiger partial charge in [0.05, 0.1) is 6.42 Å². The lowest BCUT2D eigenvalue weighted by molar-refractivity contribution is -0.119. The van der Waals surface area contributed by atoms with Crippen LogP contribution in [0.2, 0.25) is 5.15 Å². The third-order valence-electron chi connectivity index (χ3n) is 1.43. The van der Waals surface area contributed by atoms with Gasteiger partial charge < -0.3 is 5.32 Å². The monoisotopic (exact) mass is 184 g/mol. The van der Waals surface area contributed by atoms with Gasteiger partial charge in [-0.3, -0.25) is 4.79 Å². The number of nitrogens with zero attached hydrogens (tertiary/aromatic N) is 1. The molecule has 64 valence electrons. The molecule has 0 bridgehead atoms. The Morgan fingerprint density at radius 1 is 1.67 bits per heavy atom. The number of carbonyl (C=O) groups is 1. The van der Waals surface area contributed by atoms with E-state index in [0.717, 1.165) is 5.56 Å². The third kappa shape index (κ3) is 2.51. The van der Waals surface area contributed by atoms with Crippen molar-refractivity contribution in [2.45, 2.75) is 6.42 Å². The van der Waals surface area contributed by atoms with E-state index in [9.17, 15) is 4.79 Å². The van der Waals surface area contributed by atoms with Crippen LogP contribution in [0.1, 0.15) is 5.56 Å². The molecule has 0 aliphatic heterocycles. The molecular weight excluding hydrogens is 176 g/mol. The van der Waals surface area contributed by atoms with Gasteiger partial charge in [-0.15, -0.1) is 0 Å². The summed E-state index contributed by atoms with van der Waals surface area (Å²) in [6, 6.07) is 3.45. The van der Waals surface area contributed by atoms with Gasteiger partial charge in [0, 0.05) is 13.2 Å². The number of rotatable bonds is 2. The molecule has 1 amide bonds. The third-order valence-corrected chi connectivity index (χ3v) is 1.66. The Morgan fingerprint density at radius 3 is 2.92 bits per heavy atom. The van der Waals surface area contributed by atoms with Gasteiger partial charge in [-0.05, 0) is 11.6 Å². The van der Waals surface area contributed by atoms with Crippen LogP contribution < -0.4 is 5.32 Å². The zero-order valence-electron chi connectivity index (χ0n) is 6.67. The molecule has 0 saturated carbocycles. The normalized spacial score (nSPS) is 9.50. The number of likely N-dealkylation sites (N-methyl/N-ethyl adjacent to an activating group) is 1. The van der Waals surface area contributed by atoms with Crippen LogP contribution >= 0.6 is 11.6 Å². The van der Waals surface area contributed by atoms with E-state index in [0.29, 0.717) is 11.6 Å². The molecule has 0 unspecified atom stereocenters. The molecule has 1 rings (SSSR count). The van der Waals surface area contributed by atoms with Crippen LogP contribution in [0.15, 0.2) is 18.3 Å². The van der Waals surface area contributed by atoms with Crippen molar-refractivity contribution < 1.29 is 4.79 Å². The molecule has 12 heavy (non-hydrogen) atoms. The van der Waals surface area contributed by atoms with Crippen LogP contribution in [0, 0.1) is 0 Å². The summed E-state index contributed by atoms with van der Waals surface area (Å²) in [5.41, 5.74) is 0.860. The fraction of sp³-hybridized carbons (Fsp3) is 0.250. The highest BCUT2D eigenvalue weighted by molar-refractivity contribution is 6.29. The maximum absolute atomic E-state index is 10.9. The summed E-state index contributed by atoms with van der Waals surface area (Å²) in [6.07, 6.45) is 1.94. The minimum Gasteiger partial charge on any atom is -0.359 e. The lowest BCUT2D eigenvalue weighted by Crippen LogP contribution is -2.19. The Balaban J connectivity index is 2.64. The van der Waals surface area contributed by atoms with Crippen molar-refractivity contribution in [1.29, 1.82) is 0 Å². The summed E-state index contributed by atoms with van der Waals surface area (Å²) in [4.78, 5) is 14.7. The van der Waals surface area contributed by atoms with Crippen molar-refractivity contribution in [1.82, 2.24) is 10.3 Å². The number of pyridine rings is 1. The van der Waals surface area contributed by atoms with Gasteiger partial charge in [-0.25, -0.2) is 4.98 Å². The van der Waals surface area contributed by atoms with Crippen molar-refractivity contribution in [3.05, 3.63) is 29.0 Å². The van der Waals surface area contributed by atoms with Gasteiger partial charge >= 0.3 is 0 Å². The van der Waals surface area contributed by atoms with E-state index in [2.05, 4.69) is 10.3 Å². The van der Waals surface area contributed by atoms with Crippen LogP contribution in [0.25, 0.3) is 0 Å². The van der Waals surface area contributed by atoms with Gasteiger partial charge in [-0.2, -0.15) is 0 Å². The van der Waals surface area contributed by atoms with Gasteiger partial charge in [0.15, 0.2) is 0 Å². The molecule has 0 saturated heterocycles. The fourth-order valence-corrected chi connectivity index (χ4v) is 0.897. The number of hydrogen-bond acceptors (Lipinski definition) is 2. The van der Waals surface area contributed by atoms with Crippen LogP contribution in [0.5, 0.6) is 0 Å². The summed E-state index contributed by atoms with van der Waals surface area (Å²) >= 11 is 5.57. The average molecular weight is 185 g/mol. The van der Waals surface area contributed by atoms with E-state index < -0.39 is 0 Å². The second-order valence-corrected chi connectivity index (χ2v) is 2.73. The van der Waals surface area contributed by atoms with E-state index in [1.165, 1.54) is 0 Å². The molecule has 0 aromatic carbocycles. The first-order valence-electron chi connectivity index (χ1n) is 3.53. The van der Waals surface area contributed by atoms with E-state index in [1.54, 1.807) is 25.4 Å². The van der Waals surface area contributed by atoms with Gasteiger partial charge in [0.2, 0.25) is 5.91 Å². The molecular formula is C8H9ClN2O. The number of aromatic nitrogens is 1. The first kappa shape index (κ1) is 9.00. The fourth-order valence-electron chi connectivity index (χ4n) is 0.785. The summed E-state index contributed by atoms with van der Waals surface area (Å²) in [6.45, 7) is 0. The molecule has 1 aromatic rings. The summed E-state index contributed by atoms with van der Waals surface area (Å²) < 4.78 is 0. The zero-order valence-corrected chi connectivity index (χ0v) is 7.43. The van der Waals surface area contributed by atoms with Gasteiger partial charge in [-0.1, -0.05) is 17.7 Å². The van der Waals surface area contributed by atoms with Crippen molar-refractivity contribution in [3.8, 4) is 0 Å². The van der Waals surface area contributed by atoms with Crippen molar-refractivity contribution in [2.75, 3.05) is 7.05 Å². The highest BCUT2D eigenvalue weighted by Gasteiger charge is 2.00. The first-order chi connectivity index (χ1) is 5.72. The Labute approximate surface area is 75.8 Å². The summed E-state index contributed by atoms with van der Waals surface area (Å²) in [5, 5.41) is 2.97. The number of carbonyl (C=O) groups excluding carboxylic acids is 1. The second-order valence-electron chi connectivity index (χ2n) is 2.34. The molecule has 0 radical (unpaired) electrons. The van der Waals surface area contributed by atoms with Crippen LogP contribution in [0.4, 0.5) is 0 Å². The molecule has 0 aliphatic carbocycles. The molecule has 4 heteroatoms.